The van der Waals surface area contributed by atoms with Crippen molar-refractivity contribution in [2.45, 2.75) is 18.9 Å². The number of likely N-dealkylation sites (N-methyl/N-ethyl adjacent to an activating group) is 1. The van der Waals surface area contributed by atoms with Crippen molar-refractivity contribution in [3.05, 3.63) is 34.4 Å². The summed E-state index contributed by atoms with van der Waals surface area (Å²) in [4.78, 5) is 12.5. The number of nitrogens with zero attached hydrogens (tertiary/aromatic N) is 2. The fraction of sp³-hybridized carbons (Fsp3) is 0.500. The predicted molar refractivity (Wildman–Crippen MR) is 67.4 cm³/mol. The van der Waals surface area contributed by atoms with E-state index in [1.54, 1.807) is 12.1 Å². The van der Waals surface area contributed by atoms with Gasteiger partial charge >= 0.3 is 0 Å². The van der Waals surface area contributed by atoms with E-state index in [0.29, 0.717) is 6.04 Å². The molecule has 1 N–H and O–H groups in total. The molecule has 1 fully saturated rings. The number of hydrogen-bond donors (Lipinski definition) is 1. The standard InChI is InChI=1S/C12H17N3O2/c1-13-10-3-2-8-14(9-10)11-4-6-12(7-5-11)15(16)17/h4-7,10,13H,2-3,8-9H2,1H3. The first-order valence-corrected chi connectivity index (χ1v) is 5.87. The lowest BCUT2D eigenvalue weighted by atomic mass is 10.1. The van der Waals surface area contributed by atoms with Gasteiger partial charge in [-0.1, -0.05) is 0 Å². The quantitative estimate of drug-likeness (QED) is 0.641. The first-order chi connectivity index (χ1) is 8.20. The minimum absolute atomic E-state index is 0.149. The third kappa shape index (κ3) is 2.74. The maximum atomic E-state index is 10.6. The van der Waals surface area contributed by atoms with Crippen LogP contribution in [-0.2, 0) is 0 Å². The number of rotatable bonds is 3. The molecule has 1 saturated heterocycles. The Morgan fingerprint density at radius 2 is 2.12 bits per heavy atom. The third-order valence-corrected chi connectivity index (χ3v) is 3.26. The van der Waals surface area contributed by atoms with E-state index in [1.165, 1.54) is 6.42 Å². The number of non-ortho nitro benzene ring substituents is 1. The van der Waals surface area contributed by atoms with Gasteiger partial charge in [0, 0.05) is 37.0 Å². The highest BCUT2D eigenvalue weighted by Gasteiger charge is 2.18. The minimum Gasteiger partial charge on any atom is -0.370 e. The fourth-order valence-corrected chi connectivity index (χ4v) is 2.23. The van der Waals surface area contributed by atoms with Crippen molar-refractivity contribution in [2.75, 3.05) is 25.0 Å². The number of hydrogen-bond acceptors (Lipinski definition) is 4. The summed E-state index contributed by atoms with van der Waals surface area (Å²) in [6, 6.07) is 7.31. The van der Waals surface area contributed by atoms with Crippen molar-refractivity contribution < 1.29 is 4.92 Å². The molecule has 1 aliphatic heterocycles. The van der Waals surface area contributed by atoms with Crippen molar-refractivity contribution in [1.29, 1.82) is 0 Å². The molecule has 0 saturated carbocycles. The molecule has 0 radical (unpaired) electrons. The lowest BCUT2D eigenvalue weighted by Crippen LogP contribution is -2.44. The predicted octanol–water partition coefficient (Wildman–Crippen LogP) is 1.78. The molecule has 0 amide bonds. The lowest BCUT2D eigenvalue weighted by Gasteiger charge is -2.34. The molecule has 1 aromatic rings. The maximum absolute atomic E-state index is 10.6. The Morgan fingerprint density at radius 3 is 2.71 bits per heavy atom. The van der Waals surface area contributed by atoms with Gasteiger partial charge in [-0.25, -0.2) is 0 Å². The van der Waals surface area contributed by atoms with Crippen molar-refractivity contribution in [1.82, 2.24) is 5.32 Å². The van der Waals surface area contributed by atoms with Crippen molar-refractivity contribution in [3.8, 4) is 0 Å². The second kappa shape index (κ2) is 5.14. The van der Waals surface area contributed by atoms with Crippen LogP contribution in [0, 0.1) is 10.1 Å². The van der Waals surface area contributed by atoms with E-state index < -0.39 is 0 Å². The molecule has 1 aromatic carbocycles. The zero-order valence-electron chi connectivity index (χ0n) is 9.93. The second-order valence-corrected chi connectivity index (χ2v) is 4.35. The van der Waals surface area contributed by atoms with Gasteiger partial charge in [-0.3, -0.25) is 10.1 Å². The average molecular weight is 235 g/mol. The molecular formula is C12H17N3O2. The van der Waals surface area contributed by atoms with Gasteiger partial charge in [0.15, 0.2) is 0 Å². The van der Waals surface area contributed by atoms with E-state index in [4.69, 9.17) is 0 Å². The Morgan fingerprint density at radius 1 is 1.41 bits per heavy atom. The van der Waals surface area contributed by atoms with Gasteiger partial charge in [-0.05, 0) is 32.0 Å². The van der Waals surface area contributed by atoms with E-state index in [0.717, 1.165) is 25.2 Å². The normalized spacial score (nSPS) is 20.3. The highest BCUT2D eigenvalue weighted by molar-refractivity contribution is 5.51. The van der Waals surface area contributed by atoms with Gasteiger partial charge in [-0.2, -0.15) is 0 Å². The monoisotopic (exact) mass is 235 g/mol. The molecule has 2 rings (SSSR count). The summed E-state index contributed by atoms with van der Waals surface area (Å²) >= 11 is 0. The Labute approximate surface area is 101 Å². The van der Waals surface area contributed by atoms with Gasteiger partial charge in [-0.15, -0.1) is 0 Å². The molecule has 17 heavy (non-hydrogen) atoms. The molecular weight excluding hydrogens is 218 g/mol. The van der Waals surface area contributed by atoms with Gasteiger partial charge in [0.25, 0.3) is 5.69 Å². The number of benzene rings is 1. The zero-order chi connectivity index (χ0) is 12.3. The van der Waals surface area contributed by atoms with Crippen molar-refractivity contribution in [3.63, 3.8) is 0 Å². The first-order valence-electron chi connectivity index (χ1n) is 5.87. The van der Waals surface area contributed by atoms with E-state index in [2.05, 4.69) is 10.2 Å². The van der Waals surface area contributed by atoms with Crippen molar-refractivity contribution >= 4 is 11.4 Å². The van der Waals surface area contributed by atoms with Gasteiger partial charge < -0.3 is 10.2 Å². The molecule has 0 aliphatic carbocycles. The molecule has 5 heteroatoms. The van der Waals surface area contributed by atoms with Crippen molar-refractivity contribution in [2.24, 2.45) is 0 Å². The molecule has 1 aliphatic rings. The Kier molecular flexibility index (Phi) is 3.58. The van der Waals surface area contributed by atoms with Crippen LogP contribution in [-0.4, -0.2) is 31.1 Å². The maximum Gasteiger partial charge on any atom is 0.269 e. The van der Waals surface area contributed by atoms with Crippen LogP contribution in [0.5, 0.6) is 0 Å². The topological polar surface area (TPSA) is 58.4 Å². The Balaban J connectivity index is 2.08. The van der Waals surface area contributed by atoms with E-state index in [1.807, 2.05) is 19.2 Å². The van der Waals surface area contributed by atoms with Crippen LogP contribution in [0.1, 0.15) is 12.8 Å². The summed E-state index contributed by atoms with van der Waals surface area (Å²) in [6.45, 7) is 1.99. The van der Waals surface area contributed by atoms with Crippen LogP contribution < -0.4 is 10.2 Å². The largest absolute Gasteiger partial charge is 0.370 e. The van der Waals surface area contributed by atoms with E-state index in [9.17, 15) is 10.1 Å². The smallest absolute Gasteiger partial charge is 0.269 e. The summed E-state index contributed by atoms with van der Waals surface area (Å²) in [5, 5.41) is 13.9. The van der Waals surface area contributed by atoms with Gasteiger partial charge in [0.1, 0.15) is 0 Å². The van der Waals surface area contributed by atoms with Gasteiger partial charge in [0.2, 0.25) is 0 Å². The molecule has 1 heterocycles. The third-order valence-electron chi connectivity index (χ3n) is 3.26. The van der Waals surface area contributed by atoms with E-state index >= 15 is 0 Å². The summed E-state index contributed by atoms with van der Waals surface area (Å²) < 4.78 is 0. The summed E-state index contributed by atoms with van der Waals surface area (Å²) in [5.74, 6) is 0. The van der Waals surface area contributed by atoms with Crippen LogP contribution in [0.4, 0.5) is 11.4 Å². The minimum atomic E-state index is -0.365. The number of nitro groups is 1. The first kappa shape index (κ1) is 11.9. The highest BCUT2D eigenvalue weighted by atomic mass is 16.6. The summed E-state index contributed by atoms with van der Waals surface area (Å²) in [6.07, 6.45) is 2.35. The summed E-state index contributed by atoms with van der Waals surface area (Å²) in [7, 11) is 1.98. The molecule has 1 atom stereocenters. The Hall–Kier alpha value is -1.62. The molecule has 92 valence electrons. The lowest BCUT2D eigenvalue weighted by molar-refractivity contribution is -0.384. The number of anilines is 1. The Bertz CT molecular complexity index is 391. The molecule has 0 spiro atoms. The van der Waals surface area contributed by atoms with Crippen LogP contribution in [0.3, 0.4) is 0 Å². The highest BCUT2D eigenvalue weighted by Crippen LogP contribution is 2.22. The second-order valence-electron chi connectivity index (χ2n) is 4.35. The average Bonchev–Trinajstić information content (AvgIpc) is 2.39. The molecule has 0 bridgehead atoms. The zero-order valence-corrected chi connectivity index (χ0v) is 9.93. The molecule has 5 nitrogen and oxygen atoms in total. The van der Waals surface area contributed by atoms with Gasteiger partial charge in [0.05, 0.1) is 4.92 Å². The number of nitrogens with one attached hydrogen (secondary N) is 1. The van der Waals surface area contributed by atoms with Crippen LogP contribution in [0.15, 0.2) is 24.3 Å². The number of nitro benzene ring substituents is 1. The molecule has 1 unspecified atom stereocenters. The van der Waals surface area contributed by atoms with Crippen LogP contribution in [0.2, 0.25) is 0 Å². The van der Waals surface area contributed by atoms with Crippen LogP contribution >= 0.6 is 0 Å². The fourth-order valence-electron chi connectivity index (χ4n) is 2.23. The van der Waals surface area contributed by atoms with Crippen LogP contribution in [0.25, 0.3) is 0 Å². The van der Waals surface area contributed by atoms with E-state index in [-0.39, 0.29) is 10.6 Å². The number of piperidine rings is 1. The molecule has 0 aromatic heterocycles. The SMILES string of the molecule is CNC1CCCN(c2ccc([N+](=O)[O-])cc2)C1. The summed E-state index contributed by atoms with van der Waals surface area (Å²) in [5.41, 5.74) is 1.21.